The van der Waals surface area contributed by atoms with E-state index >= 15 is 0 Å². The molecule has 29 heavy (non-hydrogen) atoms. The molecule has 1 fully saturated rings. The number of aliphatic imine (C=N–C) groups is 1. The summed E-state index contributed by atoms with van der Waals surface area (Å²) in [6, 6.07) is 11.3. The van der Waals surface area contributed by atoms with Crippen LogP contribution in [0.25, 0.3) is 5.69 Å². The fraction of sp³-hybridized carbons (Fsp3) is 0.545. The molecule has 2 heterocycles. The first-order chi connectivity index (χ1) is 13.7. The maximum atomic E-state index is 4.78. The van der Waals surface area contributed by atoms with Crippen molar-refractivity contribution in [2.45, 2.75) is 52.1 Å². The molecule has 0 radical (unpaired) electrons. The second-order valence-corrected chi connectivity index (χ2v) is 7.69. The lowest BCUT2D eigenvalue weighted by Gasteiger charge is -2.35. The summed E-state index contributed by atoms with van der Waals surface area (Å²) in [6.07, 6.45) is 7.26. The molecule has 0 saturated carbocycles. The number of rotatable bonds is 7. The Labute approximate surface area is 192 Å². The molecule has 160 valence electrons. The Bertz CT molecular complexity index is 735. The Morgan fingerprint density at radius 2 is 1.93 bits per heavy atom. The predicted molar refractivity (Wildman–Crippen MR) is 132 cm³/mol. The number of nitrogens with one attached hydrogen (secondary N) is 2. The molecule has 1 saturated heterocycles. The molecule has 6 nitrogen and oxygen atoms in total. The monoisotopic (exact) mass is 510 g/mol. The molecule has 0 atom stereocenters. The standard InChI is InChI=1S/C22H34N6.HI/c1-4-23-22(26-20-11-14-27(15-12-20)18(2)3)24-13-10-19-16-25-28(17-19)21-8-6-5-7-9-21;/h5-9,16-18,20H,4,10-15H2,1-3H3,(H2,23,24,26);1H. The number of likely N-dealkylation sites (tertiary alicyclic amines) is 1. The van der Waals surface area contributed by atoms with Gasteiger partial charge >= 0.3 is 0 Å². The van der Waals surface area contributed by atoms with Gasteiger partial charge in [0.15, 0.2) is 5.96 Å². The van der Waals surface area contributed by atoms with Crippen LogP contribution in [0, 0.1) is 0 Å². The highest BCUT2D eigenvalue weighted by molar-refractivity contribution is 14.0. The average Bonchev–Trinajstić information content (AvgIpc) is 3.18. The van der Waals surface area contributed by atoms with Gasteiger partial charge in [-0.1, -0.05) is 18.2 Å². The third-order valence-corrected chi connectivity index (χ3v) is 5.27. The van der Waals surface area contributed by atoms with E-state index in [1.54, 1.807) is 0 Å². The van der Waals surface area contributed by atoms with Crippen molar-refractivity contribution < 1.29 is 0 Å². The number of hydrogen-bond acceptors (Lipinski definition) is 3. The first-order valence-corrected chi connectivity index (χ1v) is 10.5. The highest BCUT2D eigenvalue weighted by atomic mass is 127. The van der Waals surface area contributed by atoms with Crippen molar-refractivity contribution in [2.75, 3.05) is 26.2 Å². The van der Waals surface area contributed by atoms with Crippen LogP contribution in [-0.4, -0.2) is 58.9 Å². The number of piperidine rings is 1. The molecule has 0 aliphatic carbocycles. The number of hydrogen-bond donors (Lipinski definition) is 2. The van der Waals surface area contributed by atoms with E-state index < -0.39 is 0 Å². The smallest absolute Gasteiger partial charge is 0.191 e. The first kappa shape index (κ1) is 23.7. The average molecular weight is 510 g/mol. The van der Waals surface area contributed by atoms with Crippen molar-refractivity contribution in [3.05, 3.63) is 48.3 Å². The van der Waals surface area contributed by atoms with Gasteiger partial charge in [0.2, 0.25) is 0 Å². The minimum Gasteiger partial charge on any atom is -0.357 e. The maximum Gasteiger partial charge on any atom is 0.191 e. The van der Waals surface area contributed by atoms with Crippen molar-refractivity contribution in [2.24, 2.45) is 4.99 Å². The Morgan fingerprint density at radius 3 is 2.59 bits per heavy atom. The predicted octanol–water partition coefficient (Wildman–Crippen LogP) is 3.46. The van der Waals surface area contributed by atoms with Crippen LogP contribution in [0.4, 0.5) is 0 Å². The van der Waals surface area contributed by atoms with Gasteiger partial charge in [0.1, 0.15) is 0 Å². The lowest BCUT2D eigenvalue weighted by Crippen LogP contribution is -2.49. The molecular formula is C22H35IN6. The van der Waals surface area contributed by atoms with E-state index in [2.05, 4.69) is 59.7 Å². The Hall–Kier alpha value is -1.61. The molecule has 0 amide bonds. The van der Waals surface area contributed by atoms with E-state index in [-0.39, 0.29) is 24.0 Å². The van der Waals surface area contributed by atoms with E-state index in [9.17, 15) is 0 Å². The van der Waals surface area contributed by atoms with Crippen LogP contribution in [0.2, 0.25) is 0 Å². The Balaban J connectivity index is 0.00000300. The zero-order valence-corrected chi connectivity index (χ0v) is 20.2. The van der Waals surface area contributed by atoms with Crippen LogP contribution in [0.1, 0.15) is 39.2 Å². The fourth-order valence-electron chi connectivity index (χ4n) is 3.58. The second kappa shape index (κ2) is 12.2. The van der Waals surface area contributed by atoms with Crippen LogP contribution < -0.4 is 10.6 Å². The lowest BCUT2D eigenvalue weighted by atomic mass is 10.0. The van der Waals surface area contributed by atoms with E-state index in [4.69, 9.17) is 4.99 Å². The Morgan fingerprint density at radius 1 is 1.21 bits per heavy atom. The van der Waals surface area contributed by atoms with Gasteiger partial charge in [-0.15, -0.1) is 24.0 Å². The quantitative estimate of drug-likeness (QED) is 0.341. The summed E-state index contributed by atoms with van der Waals surface area (Å²) >= 11 is 0. The summed E-state index contributed by atoms with van der Waals surface area (Å²) in [5, 5.41) is 11.5. The number of benzene rings is 1. The van der Waals surface area contributed by atoms with Crippen LogP contribution in [0.5, 0.6) is 0 Å². The summed E-state index contributed by atoms with van der Waals surface area (Å²) in [4.78, 5) is 7.33. The van der Waals surface area contributed by atoms with Crippen LogP contribution in [0.15, 0.2) is 47.7 Å². The van der Waals surface area contributed by atoms with E-state index in [0.717, 1.165) is 44.2 Å². The number of aromatic nitrogens is 2. The zero-order valence-electron chi connectivity index (χ0n) is 17.8. The SMILES string of the molecule is CCNC(=NCCc1cnn(-c2ccccc2)c1)NC1CCN(C(C)C)CC1.I. The molecule has 1 aromatic heterocycles. The van der Waals surface area contributed by atoms with E-state index in [0.29, 0.717) is 12.1 Å². The van der Waals surface area contributed by atoms with Gasteiger partial charge in [0.05, 0.1) is 11.9 Å². The van der Waals surface area contributed by atoms with Gasteiger partial charge in [0, 0.05) is 44.5 Å². The van der Waals surface area contributed by atoms with Gasteiger partial charge < -0.3 is 15.5 Å². The minimum atomic E-state index is 0. The van der Waals surface area contributed by atoms with Gasteiger partial charge in [-0.2, -0.15) is 5.10 Å². The molecule has 0 spiro atoms. The van der Waals surface area contributed by atoms with Crippen molar-refractivity contribution in [1.82, 2.24) is 25.3 Å². The van der Waals surface area contributed by atoms with Crippen molar-refractivity contribution in [1.29, 1.82) is 0 Å². The second-order valence-electron chi connectivity index (χ2n) is 7.69. The van der Waals surface area contributed by atoms with Gasteiger partial charge in [-0.05, 0) is 57.7 Å². The minimum absolute atomic E-state index is 0. The number of halogens is 1. The molecule has 2 N–H and O–H groups in total. The van der Waals surface area contributed by atoms with E-state index in [1.165, 1.54) is 18.4 Å². The normalized spacial score (nSPS) is 15.9. The van der Waals surface area contributed by atoms with Gasteiger partial charge in [0.25, 0.3) is 0 Å². The Kier molecular flexibility index (Phi) is 9.93. The maximum absolute atomic E-state index is 4.78. The zero-order chi connectivity index (χ0) is 19.8. The molecule has 2 aromatic rings. The third-order valence-electron chi connectivity index (χ3n) is 5.27. The summed E-state index contributed by atoms with van der Waals surface area (Å²) < 4.78 is 1.92. The highest BCUT2D eigenvalue weighted by Gasteiger charge is 2.21. The summed E-state index contributed by atoms with van der Waals surface area (Å²) in [5.41, 5.74) is 2.29. The molecule has 1 aliphatic rings. The van der Waals surface area contributed by atoms with Crippen molar-refractivity contribution >= 4 is 29.9 Å². The molecule has 0 bridgehead atoms. The van der Waals surface area contributed by atoms with Crippen LogP contribution in [-0.2, 0) is 6.42 Å². The third kappa shape index (κ3) is 7.29. The van der Waals surface area contributed by atoms with Crippen molar-refractivity contribution in [3.8, 4) is 5.69 Å². The van der Waals surface area contributed by atoms with Crippen LogP contribution in [0.3, 0.4) is 0 Å². The lowest BCUT2D eigenvalue weighted by molar-refractivity contribution is 0.167. The summed E-state index contributed by atoms with van der Waals surface area (Å²) in [6.45, 7) is 10.6. The largest absolute Gasteiger partial charge is 0.357 e. The molecule has 0 unspecified atom stereocenters. The fourth-order valence-corrected chi connectivity index (χ4v) is 3.58. The highest BCUT2D eigenvalue weighted by Crippen LogP contribution is 2.13. The van der Waals surface area contributed by atoms with Gasteiger partial charge in [-0.25, -0.2) is 4.68 Å². The molecule has 1 aliphatic heterocycles. The van der Waals surface area contributed by atoms with Crippen molar-refractivity contribution in [3.63, 3.8) is 0 Å². The number of guanidine groups is 1. The van der Waals surface area contributed by atoms with Crippen LogP contribution >= 0.6 is 24.0 Å². The summed E-state index contributed by atoms with van der Waals surface area (Å²) in [5.74, 6) is 0.931. The number of nitrogens with zero attached hydrogens (tertiary/aromatic N) is 4. The number of para-hydroxylation sites is 1. The topological polar surface area (TPSA) is 57.5 Å². The summed E-state index contributed by atoms with van der Waals surface area (Å²) in [7, 11) is 0. The molecule has 1 aromatic carbocycles. The molecule has 3 rings (SSSR count). The van der Waals surface area contributed by atoms with E-state index in [1.807, 2.05) is 29.1 Å². The first-order valence-electron chi connectivity index (χ1n) is 10.5. The molecule has 7 heteroatoms. The van der Waals surface area contributed by atoms with Gasteiger partial charge in [-0.3, -0.25) is 4.99 Å². The molecular weight excluding hydrogens is 475 g/mol.